The van der Waals surface area contributed by atoms with E-state index in [1.54, 1.807) is 12.1 Å². The van der Waals surface area contributed by atoms with Crippen LogP contribution in [0.1, 0.15) is 23.2 Å². The van der Waals surface area contributed by atoms with Crippen molar-refractivity contribution in [1.82, 2.24) is 0 Å². The predicted octanol–water partition coefficient (Wildman–Crippen LogP) is 1.80. The van der Waals surface area contributed by atoms with Gasteiger partial charge in [0.05, 0.1) is 12.7 Å². The Kier molecular flexibility index (Phi) is 4.36. The van der Waals surface area contributed by atoms with Gasteiger partial charge in [0.15, 0.2) is 0 Å². The standard InChI is InChI=1S/C13H17NO3S/c1-17-13(15)10-3-2-4-12(9-10)14-11-5-7-18(16)8-6-11/h2-4,9,11,14H,5-8H2,1H3. The quantitative estimate of drug-likeness (QED) is 0.848. The Bertz CT molecular complexity index is 451. The van der Waals surface area contributed by atoms with Crippen molar-refractivity contribution in [1.29, 1.82) is 0 Å². The van der Waals surface area contributed by atoms with E-state index < -0.39 is 10.8 Å². The Morgan fingerprint density at radius 2 is 2.11 bits per heavy atom. The number of nitrogens with one attached hydrogen (secondary N) is 1. The SMILES string of the molecule is COC(=O)c1cccc(NC2CCS(=O)CC2)c1. The summed E-state index contributed by atoms with van der Waals surface area (Å²) in [5.41, 5.74) is 1.46. The fraction of sp³-hybridized carbons (Fsp3) is 0.462. The molecule has 1 heterocycles. The molecule has 0 unspecified atom stereocenters. The molecule has 0 bridgehead atoms. The molecule has 1 aliphatic rings. The fourth-order valence-corrected chi connectivity index (χ4v) is 3.33. The van der Waals surface area contributed by atoms with Crippen molar-refractivity contribution in [2.75, 3.05) is 23.9 Å². The highest BCUT2D eigenvalue weighted by molar-refractivity contribution is 7.85. The molecular formula is C13H17NO3S. The average Bonchev–Trinajstić information content (AvgIpc) is 2.41. The van der Waals surface area contributed by atoms with E-state index in [2.05, 4.69) is 10.1 Å². The summed E-state index contributed by atoms with van der Waals surface area (Å²) in [5.74, 6) is 1.19. The topological polar surface area (TPSA) is 55.4 Å². The van der Waals surface area contributed by atoms with E-state index in [-0.39, 0.29) is 5.97 Å². The Labute approximate surface area is 109 Å². The van der Waals surface area contributed by atoms with Crippen LogP contribution in [0.25, 0.3) is 0 Å². The molecule has 2 rings (SSSR count). The smallest absolute Gasteiger partial charge is 0.337 e. The van der Waals surface area contributed by atoms with Gasteiger partial charge < -0.3 is 10.1 Å². The molecule has 1 aromatic carbocycles. The lowest BCUT2D eigenvalue weighted by atomic mass is 10.1. The maximum atomic E-state index is 11.4. The third-order valence-electron chi connectivity index (χ3n) is 3.04. The summed E-state index contributed by atoms with van der Waals surface area (Å²) >= 11 is 0. The van der Waals surface area contributed by atoms with Crippen molar-refractivity contribution >= 4 is 22.5 Å². The number of hydrogen-bond acceptors (Lipinski definition) is 4. The van der Waals surface area contributed by atoms with Gasteiger partial charge in [-0.25, -0.2) is 4.79 Å². The van der Waals surface area contributed by atoms with Crippen LogP contribution in [0.3, 0.4) is 0 Å². The van der Waals surface area contributed by atoms with Gasteiger partial charge in [-0.3, -0.25) is 4.21 Å². The summed E-state index contributed by atoms with van der Waals surface area (Å²) in [6.07, 6.45) is 1.82. The van der Waals surface area contributed by atoms with Crippen LogP contribution in [0, 0.1) is 0 Å². The first-order valence-electron chi connectivity index (χ1n) is 5.99. The maximum absolute atomic E-state index is 11.4. The zero-order valence-corrected chi connectivity index (χ0v) is 11.2. The second kappa shape index (κ2) is 6.00. The summed E-state index contributed by atoms with van der Waals surface area (Å²) in [6, 6.07) is 7.62. The van der Waals surface area contributed by atoms with Crippen molar-refractivity contribution in [3.8, 4) is 0 Å². The molecule has 98 valence electrons. The van der Waals surface area contributed by atoms with Crippen LogP contribution in [0.15, 0.2) is 24.3 Å². The molecule has 0 amide bonds. The van der Waals surface area contributed by atoms with Crippen molar-refractivity contribution in [2.24, 2.45) is 0 Å². The van der Waals surface area contributed by atoms with Crippen molar-refractivity contribution in [3.63, 3.8) is 0 Å². The molecule has 4 nitrogen and oxygen atoms in total. The molecule has 1 aromatic rings. The van der Waals surface area contributed by atoms with Crippen molar-refractivity contribution < 1.29 is 13.7 Å². The second-order valence-electron chi connectivity index (χ2n) is 4.34. The minimum absolute atomic E-state index is 0.330. The number of ether oxygens (including phenoxy) is 1. The first-order valence-corrected chi connectivity index (χ1v) is 7.48. The van der Waals surface area contributed by atoms with E-state index in [1.165, 1.54) is 7.11 Å². The Hall–Kier alpha value is -1.36. The van der Waals surface area contributed by atoms with E-state index in [0.717, 1.165) is 30.0 Å². The summed E-state index contributed by atoms with van der Waals surface area (Å²) < 4.78 is 16.0. The number of carbonyl (C=O) groups excluding carboxylic acids is 1. The van der Waals surface area contributed by atoms with Gasteiger partial charge in [-0.2, -0.15) is 0 Å². The summed E-state index contributed by atoms with van der Waals surface area (Å²) in [4.78, 5) is 11.4. The molecule has 0 saturated carbocycles. The second-order valence-corrected chi connectivity index (χ2v) is 6.04. The number of hydrogen-bond donors (Lipinski definition) is 1. The molecule has 1 aliphatic heterocycles. The minimum atomic E-state index is -0.646. The number of anilines is 1. The lowest BCUT2D eigenvalue weighted by molar-refractivity contribution is 0.0601. The van der Waals surface area contributed by atoms with E-state index in [4.69, 9.17) is 0 Å². The Balaban J connectivity index is 2.01. The molecule has 0 aromatic heterocycles. The summed E-state index contributed by atoms with van der Waals surface area (Å²) in [7, 11) is 0.728. The molecule has 0 atom stereocenters. The van der Waals surface area contributed by atoms with Gasteiger partial charge in [0.2, 0.25) is 0 Å². The van der Waals surface area contributed by atoms with Crippen LogP contribution < -0.4 is 5.32 Å². The van der Waals surface area contributed by atoms with Crippen molar-refractivity contribution in [3.05, 3.63) is 29.8 Å². The summed E-state index contributed by atoms with van der Waals surface area (Å²) in [5, 5.41) is 3.38. The first-order chi connectivity index (χ1) is 8.69. The molecular weight excluding hydrogens is 250 g/mol. The van der Waals surface area contributed by atoms with Gasteiger partial charge >= 0.3 is 5.97 Å². The van der Waals surface area contributed by atoms with E-state index in [0.29, 0.717) is 11.6 Å². The number of methoxy groups -OCH3 is 1. The highest BCUT2D eigenvalue weighted by atomic mass is 32.2. The molecule has 1 fully saturated rings. The maximum Gasteiger partial charge on any atom is 0.337 e. The summed E-state index contributed by atoms with van der Waals surface area (Å²) in [6.45, 7) is 0. The highest BCUT2D eigenvalue weighted by Gasteiger charge is 2.17. The third kappa shape index (κ3) is 3.32. The third-order valence-corrected chi connectivity index (χ3v) is 4.42. The molecule has 0 aliphatic carbocycles. The van der Waals surface area contributed by atoms with Gasteiger partial charge in [-0.05, 0) is 31.0 Å². The molecule has 5 heteroatoms. The van der Waals surface area contributed by atoms with Crippen LogP contribution in [-0.2, 0) is 15.5 Å². The fourth-order valence-electron chi connectivity index (χ4n) is 2.03. The highest BCUT2D eigenvalue weighted by Crippen LogP contribution is 2.17. The lowest BCUT2D eigenvalue weighted by Crippen LogP contribution is -2.29. The monoisotopic (exact) mass is 267 g/mol. The van der Waals surface area contributed by atoms with E-state index in [1.807, 2.05) is 12.1 Å². The van der Waals surface area contributed by atoms with Gasteiger partial charge in [0.1, 0.15) is 0 Å². The Morgan fingerprint density at radius 1 is 1.39 bits per heavy atom. The Morgan fingerprint density at radius 3 is 2.78 bits per heavy atom. The normalized spacial score (nSPS) is 23.4. The average molecular weight is 267 g/mol. The molecule has 0 spiro atoms. The van der Waals surface area contributed by atoms with Gasteiger partial charge in [-0.15, -0.1) is 0 Å². The van der Waals surface area contributed by atoms with Gasteiger partial charge in [0, 0.05) is 34.0 Å². The molecule has 18 heavy (non-hydrogen) atoms. The largest absolute Gasteiger partial charge is 0.465 e. The van der Waals surface area contributed by atoms with E-state index in [9.17, 15) is 9.00 Å². The number of benzene rings is 1. The lowest BCUT2D eigenvalue weighted by Gasteiger charge is -2.23. The first kappa shape index (κ1) is 13.1. The van der Waals surface area contributed by atoms with Crippen LogP contribution in [0.2, 0.25) is 0 Å². The van der Waals surface area contributed by atoms with E-state index >= 15 is 0 Å². The number of rotatable bonds is 3. The van der Waals surface area contributed by atoms with Crippen molar-refractivity contribution in [2.45, 2.75) is 18.9 Å². The molecule has 0 radical (unpaired) electrons. The molecule has 1 saturated heterocycles. The van der Waals surface area contributed by atoms with Gasteiger partial charge in [-0.1, -0.05) is 6.07 Å². The zero-order valence-electron chi connectivity index (χ0n) is 10.3. The van der Waals surface area contributed by atoms with Crippen LogP contribution >= 0.6 is 0 Å². The predicted molar refractivity (Wildman–Crippen MR) is 72.3 cm³/mol. The number of carbonyl (C=O) groups is 1. The molecule has 1 N–H and O–H groups in total. The van der Waals surface area contributed by atoms with Crippen LogP contribution in [0.5, 0.6) is 0 Å². The minimum Gasteiger partial charge on any atom is -0.465 e. The van der Waals surface area contributed by atoms with Crippen LogP contribution in [0.4, 0.5) is 5.69 Å². The van der Waals surface area contributed by atoms with Gasteiger partial charge in [0.25, 0.3) is 0 Å². The number of esters is 1. The van der Waals surface area contributed by atoms with Crippen LogP contribution in [-0.4, -0.2) is 34.8 Å². The zero-order chi connectivity index (χ0) is 13.0.